The molecule has 0 unspecified atom stereocenters. The Morgan fingerprint density at radius 1 is 1.75 bits per heavy atom. The van der Waals surface area contributed by atoms with E-state index in [0.717, 1.165) is 0 Å². The largest absolute Gasteiger partial charge is 1.00 e. The fourth-order valence-corrected chi connectivity index (χ4v) is 0.248. The zero-order valence-electron chi connectivity index (χ0n) is 5.23. The average Bonchev–Trinajstić information content (AvgIpc) is 1.68. The molecule has 1 amide bonds. The Bertz CT molecular complexity index is 67.1. The minimum absolute atomic E-state index is 0. The first-order valence-corrected chi connectivity index (χ1v) is 2.16. The number of rotatable bonds is 2. The molecule has 0 spiro atoms. The number of likely N-dealkylation sites (N-methyl/N-ethyl adjacent to an activating group) is 1. The summed E-state index contributed by atoms with van der Waals surface area (Å²) in [5.41, 5.74) is 0. The second-order valence-corrected chi connectivity index (χ2v) is 1.10. The fraction of sp³-hybridized carbons (Fsp3) is 0.750. The molecule has 0 aromatic rings. The van der Waals surface area contributed by atoms with E-state index in [2.05, 4.69) is 5.32 Å². The Labute approximate surface area is 70.8 Å². The van der Waals surface area contributed by atoms with Gasteiger partial charge in [0.15, 0.2) is 0 Å². The van der Waals surface area contributed by atoms with Crippen LogP contribution in [0.3, 0.4) is 0 Å². The van der Waals surface area contributed by atoms with Gasteiger partial charge in [0.2, 0.25) is 5.91 Å². The van der Waals surface area contributed by atoms with Crippen molar-refractivity contribution >= 4 is 5.91 Å². The summed E-state index contributed by atoms with van der Waals surface area (Å²) in [5, 5.41) is 12.0. The summed E-state index contributed by atoms with van der Waals surface area (Å²) < 4.78 is 0. The molecule has 0 radical (unpaired) electrons. The summed E-state index contributed by atoms with van der Waals surface area (Å²) in [6.07, 6.45) is 0. The first-order valence-electron chi connectivity index (χ1n) is 2.16. The van der Waals surface area contributed by atoms with Crippen molar-refractivity contribution in [3.05, 3.63) is 0 Å². The van der Waals surface area contributed by atoms with E-state index in [-0.39, 0.29) is 29.6 Å². The average molecular weight is 125 g/mol. The van der Waals surface area contributed by atoms with E-state index in [0.29, 0.717) is 6.54 Å². The van der Waals surface area contributed by atoms with E-state index in [4.69, 9.17) is 0 Å². The smallest absolute Gasteiger partial charge is 0.848 e. The molecule has 0 bridgehead atoms. The molecule has 4 heteroatoms. The van der Waals surface area contributed by atoms with Crippen LogP contribution in [0.4, 0.5) is 0 Å². The minimum atomic E-state index is -0.659. The van der Waals surface area contributed by atoms with Crippen LogP contribution in [0.15, 0.2) is 0 Å². The van der Waals surface area contributed by atoms with E-state index in [1.807, 2.05) is 0 Å². The summed E-state index contributed by atoms with van der Waals surface area (Å²) >= 11 is 0. The molecule has 0 saturated carbocycles. The zero-order chi connectivity index (χ0) is 5.70. The predicted molar refractivity (Wildman–Crippen MR) is 23.6 cm³/mol. The van der Waals surface area contributed by atoms with Gasteiger partial charge in [0, 0.05) is 6.54 Å². The van der Waals surface area contributed by atoms with Crippen LogP contribution in [0.5, 0.6) is 0 Å². The van der Waals surface area contributed by atoms with Crippen LogP contribution in [0.1, 0.15) is 6.92 Å². The number of amides is 1. The van der Waals surface area contributed by atoms with Crippen LogP contribution in [0.2, 0.25) is 0 Å². The van der Waals surface area contributed by atoms with Gasteiger partial charge in [-0.2, -0.15) is 0 Å². The molecule has 1 N–H and O–H groups in total. The summed E-state index contributed by atoms with van der Waals surface area (Å²) in [5.74, 6) is -0.428. The summed E-state index contributed by atoms with van der Waals surface area (Å²) in [7, 11) is 0. The molecular weight excluding hydrogens is 117 g/mol. The monoisotopic (exact) mass is 125 g/mol. The van der Waals surface area contributed by atoms with Crippen molar-refractivity contribution in [2.75, 3.05) is 13.2 Å². The maximum Gasteiger partial charge on any atom is 1.00 e. The van der Waals surface area contributed by atoms with E-state index in [9.17, 15) is 9.90 Å². The number of hydrogen-bond donors (Lipinski definition) is 1. The zero-order valence-corrected chi connectivity index (χ0v) is 7.23. The van der Waals surface area contributed by atoms with Gasteiger partial charge < -0.3 is 10.4 Å². The van der Waals surface area contributed by atoms with Crippen LogP contribution in [0, 0.1) is 0 Å². The second kappa shape index (κ2) is 7.43. The third-order valence-corrected chi connectivity index (χ3v) is 0.505. The van der Waals surface area contributed by atoms with Gasteiger partial charge in [-0.15, -0.1) is 0 Å². The van der Waals surface area contributed by atoms with Gasteiger partial charge in [-0.25, -0.2) is 0 Å². The number of carbonyl (C=O) groups is 1. The number of carbonyl (C=O) groups excluding carboxylic acids is 1. The molecule has 8 heavy (non-hydrogen) atoms. The standard InChI is InChI=1S/C4H8NO2.Na/c1-2-5-4(7)3-6;/h2-3H2,1H3,(H,5,7);/q-1;+1. The Balaban J connectivity index is 0. The van der Waals surface area contributed by atoms with Crippen molar-refractivity contribution in [1.82, 2.24) is 5.32 Å². The molecule has 3 nitrogen and oxygen atoms in total. The molecule has 0 aliphatic heterocycles. The van der Waals surface area contributed by atoms with Gasteiger partial charge in [-0.1, -0.05) is 6.61 Å². The van der Waals surface area contributed by atoms with Crippen molar-refractivity contribution in [2.45, 2.75) is 6.92 Å². The summed E-state index contributed by atoms with van der Waals surface area (Å²) in [6, 6.07) is 0. The van der Waals surface area contributed by atoms with Gasteiger partial charge in [-0.05, 0) is 6.92 Å². The molecule has 42 valence electrons. The van der Waals surface area contributed by atoms with Crippen molar-refractivity contribution in [3.63, 3.8) is 0 Å². The van der Waals surface area contributed by atoms with Crippen LogP contribution >= 0.6 is 0 Å². The van der Waals surface area contributed by atoms with Crippen LogP contribution in [0.25, 0.3) is 0 Å². The van der Waals surface area contributed by atoms with Gasteiger partial charge in [0.05, 0.1) is 0 Å². The second-order valence-electron chi connectivity index (χ2n) is 1.10. The van der Waals surface area contributed by atoms with Crippen LogP contribution in [-0.2, 0) is 4.79 Å². The SMILES string of the molecule is CCNC(=O)C[O-].[Na+]. The van der Waals surface area contributed by atoms with Crippen molar-refractivity contribution in [2.24, 2.45) is 0 Å². The molecule has 0 aliphatic rings. The van der Waals surface area contributed by atoms with Gasteiger partial charge in [0.1, 0.15) is 0 Å². The topological polar surface area (TPSA) is 52.2 Å². The maximum absolute atomic E-state index is 9.99. The third kappa shape index (κ3) is 6.43. The summed E-state index contributed by atoms with van der Waals surface area (Å²) in [4.78, 5) is 9.99. The minimum Gasteiger partial charge on any atom is -0.848 e. The first-order chi connectivity index (χ1) is 3.31. The van der Waals surface area contributed by atoms with E-state index in [1.165, 1.54) is 0 Å². The Kier molecular flexibility index (Phi) is 10.5. The van der Waals surface area contributed by atoms with Crippen LogP contribution in [-0.4, -0.2) is 19.1 Å². The maximum atomic E-state index is 9.99. The Morgan fingerprint density at radius 3 is 2.38 bits per heavy atom. The first kappa shape index (κ1) is 11.3. The predicted octanol–water partition coefficient (Wildman–Crippen LogP) is -4.51. The molecular formula is C4H8NNaO2. The van der Waals surface area contributed by atoms with Crippen molar-refractivity contribution in [3.8, 4) is 0 Å². The number of nitrogens with one attached hydrogen (secondary N) is 1. The molecule has 0 rings (SSSR count). The van der Waals surface area contributed by atoms with Gasteiger partial charge in [-0.3, -0.25) is 4.79 Å². The van der Waals surface area contributed by atoms with E-state index >= 15 is 0 Å². The third-order valence-electron chi connectivity index (χ3n) is 0.505. The molecule has 0 atom stereocenters. The molecule has 0 fully saturated rings. The summed E-state index contributed by atoms with van der Waals surface area (Å²) in [6.45, 7) is 1.66. The molecule has 0 aliphatic carbocycles. The van der Waals surface area contributed by atoms with Crippen LogP contribution < -0.4 is 40.0 Å². The molecule has 0 saturated heterocycles. The Hall–Kier alpha value is 0.430. The molecule has 0 aromatic heterocycles. The van der Waals surface area contributed by atoms with E-state index < -0.39 is 12.5 Å². The van der Waals surface area contributed by atoms with Gasteiger partial charge in [0.25, 0.3) is 0 Å². The van der Waals surface area contributed by atoms with Crippen molar-refractivity contribution in [1.29, 1.82) is 0 Å². The normalized spacial score (nSPS) is 7.25. The van der Waals surface area contributed by atoms with Gasteiger partial charge >= 0.3 is 29.6 Å². The number of hydrogen-bond acceptors (Lipinski definition) is 2. The fourth-order valence-electron chi connectivity index (χ4n) is 0.248. The quantitative estimate of drug-likeness (QED) is 0.378. The van der Waals surface area contributed by atoms with E-state index in [1.54, 1.807) is 6.92 Å². The molecule has 0 aromatic carbocycles. The molecule has 0 heterocycles. The Morgan fingerprint density at radius 2 is 2.25 bits per heavy atom. The van der Waals surface area contributed by atoms with Crippen molar-refractivity contribution < 1.29 is 39.5 Å².